The average molecular weight is 371 g/mol. The lowest BCUT2D eigenvalue weighted by atomic mass is 10.1. The van der Waals surface area contributed by atoms with Crippen LogP contribution in [0.5, 0.6) is 5.75 Å². The highest BCUT2D eigenvalue weighted by molar-refractivity contribution is 7.89. The second-order valence-corrected chi connectivity index (χ2v) is 7.94. The number of aromatic nitrogens is 1. The molecule has 3 rings (SSSR count). The summed E-state index contributed by atoms with van der Waals surface area (Å²) < 4.78 is 37.9. The molecule has 24 heavy (non-hydrogen) atoms. The van der Waals surface area contributed by atoms with Gasteiger partial charge >= 0.3 is 0 Å². The number of nitrogens with zero attached hydrogens (tertiary/aromatic N) is 2. The Bertz CT molecular complexity index is 834. The molecule has 130 valence electrons. The van der Waals surface area contributed by atoms with Crippen molar-refractivity contribution in [1.82, 2.24) is 9.46 Å². The summed E-state index contributed by atoms with van der Waals surface area (Å²) >= 11 is 6.08. The van der Waals surface area contributed by atoms with Gasteiger partial charge in [0, 0.05) is 12.6 Å². The van der Waals surface area contributed by atoms with Crippen molar-refractivity contribution in [3.63, 3.8) is 0 Å². The van der Waals surface area contributed by atoms with Crippen molar-refractivity contribution in [3.8, 4) is 5.75 Å². The van der Waals surface area contributed by atoms with Gasteiger partial charge in [-0.15, -0.1) is 0 Å². The van der Waals surface area contributed by atoms with Gasteiger partial charge in [0.15, 0.2) is 5.76 Å². The molecule has 1 atom stereocenters. The van der Waals surface area contributed by atoms with E-state index in [1.54, 1.807) is 6.07 Å². The number of hydrogen-bond donors (Lipinski definition) is 0. The topological polar surface area (TPSA) is 72.6 Å². The van der Waals surface area contributed by atoms with E-state index in [1.807, 2.05) is 13.0 Å². The maximum absolute atomic E-state index is 13.0. The van der Waals surface area contributed by atoms with E-state index in [1.165, 1.54) is 23.5 Å². The fourth-order valence-electron chi connectivity index (χ4n) is 2.91. The van der Waals surface area contributed by atoms with Crippen LogP contribution in [0.4, 0.5) is 0 Å². The van der Waals surface area contributed by atoms with Crippen molar-refractivity contribution in [1.29, 1.82) is 0 Å². The number of methoxy groups -OCH3 is 1. The standard InChI is InChI=1S/C16H19ClN2O4S/c1-3-11-9-16(23-18-11)14-5-4-8-19(14)24(20,21)12-6-7-15(22-2)13(17)10-12/h6-7,9-10,14H,3-5,8H2,1-2H3. The van der Waals surface area contributed by atoms with Gasteiger partial charge in [0.05, 0.1) is 28.8 Å². The molecule has 0 aliphatic carbocycles. The summed E-state index contributed by atoms with van der Waals surface area (Å²) in [6.45, 7) is 2.42. The first-order chi connectivity index (χ1) is 11.5. The Morgan fingerprint density at radius 1 is 1.42 bits per heavy atom. The molecule has 1 saturated heterocycles. The lowest BCUT2D eigenvalue weighted by molar-refractivity contribution is 0.296. The number of rotatable bonds is 5. The molecule has 1 fully saturated rings. The average Bonchev–Trinajstić information content (AvgIpc) is 3.23. The van der Waals surface area contributed by atoms with Gasteiger partial charge in [0.25, 0.3) is 0 Å². The number of aryl methyl sites for hydroxylation is 1. The van der Waals surface area contributed by atoms with E-state index in [0.717, 1.165) is 18.5 Å². The van der Waals surface area contributed by atoms with Gasteiger partial charge in [-0.25, -0.2) is 8.42 Å². The molecule has 1 unspecified atom stereocenters. The largest absolute Gasteiger partial charge is 0.495 e. The molecule has 0 spiro atoms. The smallest absolute Gasteiger partial charge is 0.243 e. The van der Waals surface area contributed by atoms with Gasteiger partial charge in [-0.3, -0.25) is 0 Å². The zero-order chi connectivity index (χ0) is 17.3. The zero-order valence-corrected chi connectivity index (χ0v) is 15.1. The van der Waals surface area contributed by atoms with E-state index in [-0.39, 0.29) is 16.0 Å². The maximum atomic E-state index is 13.0. The molecule has 1 aliphatic heterocycles. The van der Waals surface area contributed by atoms with Crippen LogP contribution in [0.2, 0.25) is 5.02 Å². The van der Waals surface area contributed by atoms with E-state index in [9.17, 15) is 8.42 Å². The molecule has 0 saturated carbocycles. The molecule has 0 N–H and O–H groups in total. The zero-order valence-electron chi connectivity index (χ0n) is 13.5. The molecule has 1 aromatic heterocycles. The SMILES string of the molecule is CCc1cc(C2CCCN2S(=O)(=O)c2ccc(OC)c(Cl)c2)on1. The van der Waals surface area contributed by atoms with Crippen LogP contribution in [0.3, 0.4) is 0 Å². The van der Waals surface area contributed by atoms with Crippen LogP contribution in [0.15, 0.2) is 33.7 Å². The monoisotopic (exact) mass is 370 g/mol. The molecule has 0 bridgehead atoms. The van der Waals surface area contributed by atoms with Crippen LogP contribution in [-0.4, -0.2) is 31.5 Å². The molecule has 1 aliphatic rings. The molecular weight excluding hydrogens is 352 g/mol. The Kier molecular flexibility index (Phi) is 4.85. The van der Waals surface area contributed by atoms with Gasteiger partial charge in [-0.2, -0.15) is 4.31 Å². The first kappa shape index (κ1) is 17.3. The number of hydrogen-bond acceptors (Lipinski definition) is 5. The first-order valence-electron chi connectivity index (χ1n) is 7.78. The summed E-state index contributed by atoms with van der Waals surface area (Å²) in [4.78, 5) is 0.149. The van der Waals surface area contributed by atoms with Crippen molar-refractivity contribution < 1.29 is 17.7 Å². The van der Waals surface area contributed by atoms with Crippen LogP contribution in [-0.2, 0) is 16.4 Å². The van der Waals surface area contributed by atoms with Crippen LogP contribution in [0.1, 0.15) is 37.3 Å². The second kappa shape index (κ2) is 6.74. The third-order valence-corrected chi connectivity index (χ3v) is 6.40. The predicted octanol–water partition coefficient (Wildman–Crippen LogP) is 3.42. The molecule has 6 nitrogen and oxygen atoms in total. The minimum Gasteiger partial charge on any atom is -0.495 e. The minimum absolute atomic E-state index is 0.149. The summed E-state index contributed by atoms with van der Waals surface area (Å²) in [6, 6.07) is 5.99. The maximum Gasteiger partial charge on any atom is 0.243 e. The van der Waals surface area contributed by atoms with Crippen molar-refractivity contribution in [3.05, 3.63) is 40.7 Å². The van der Waals surface area contributed by atoms with Gasteiger partial charge < -0.3 is 9.26 Å². The summed E-state index contributed by atoms with van der Waals surface area (Å²) in [7, 11) is -2.19. The fourth-order valence-corrected chi connectivity index (χ4v) is 4.92. The molecular formula is C16H19ClN2O4S. The quantitative estimate of drug-likeness (QED) is 0.806. The second-order valence-electron chi connectivity index (χ2n) is 5.64. The molecule has 2 aromatic rings. The number of halogens is 1. The third kappa shape index (κ3) is 3.03. The van der Waals surface area contributed by atoms with E-state index in [0.29, 0.717) is 24.5 Å². The summed E-state index contributed by atoms with van der Waals surface area (Å²) in [5.41, 5.74) is 0.821. The Morgan fingerprint density at radius 2 is 2.21 bits per heavy atom. The highest BCUT2D eigenvalue weighted by Crippen LogP contribution is 2.38. The fraction of sp³-hybridized carbons (Fsp3) is 0.438. The van der Waals surface area contributed by atoms with E-state index < -0.39 is 10.0 Å². The third-order valence-electron chi connectivity index (χ3n) is 4.20. The van der Waals surface area contributed by atoms with Crippen molar-refractivity contribution in [2.24, 2.45) is 0 Å². The lowest BCUT2D eigenvalue weighted by Gasteiger charge is -2.22. The molecule has 1 aromatic carbocycles. The number of sulfonamides is 1. The number of ether oxygens (including phenoxy) is 1. The highest BCUT2D eigenvalue weighted by Gasteiger charge is 2.38. The van der Waals surface area contributed by atoms with Gasteiger partial charge in [-0.1, -0.05) is 23.7 Å². The van der Waals surface area contributed by atoms with Gasteiger partial charge in [0.1, 0.15) is 5.75 Å². The minimum atomic E-state index is -3.68. The highest BCUT2D eigenvalue weighted by atomic mass is 35.5. The van der Waals surface area contributed by atoms with Crippen LogP contribution >= 0.6 is 11.6 Å². The van der Waals surface area contributed by atoms with Gasteiger partial charge in [0.2, 0.25) is 10.0 Å². The van der Waals surface area contributed by atoms with Gasteiger partial charge in [-0.05, 0) is 37.5 Å². The predicted molar refractivity (Wildman–Crippen MR) is 89.8 cm³/mol. The van der Waals surface area contributed by atoms with E-state index >= 15 is 0 Å². The van der Waals surface area contributed by atoms with Crippen molar-refractivity contribution >= 4 is 21.6 Å². The van der Waals surface area contributed by atoms with Crippen LogP contribution < -0.4 is 4.74 Å². The van der Waals surface area contributed by atoms with Crippen molar-refractivity contribution in [2.75, 3.05) is 13.7 Å². The van der Waals surface area contributed by atoms with E-state index in [2.05, 4.69) is 5.16 Å². The van der Waals surface area contributed by atoms with E-state index in [4.69, 9.17) is 20.9 Å². The van der Waals surface area contributed by atoms with Crippen LogP contribution in [0, 0.1) is 0 Å². The Balaban J connectivity index is 1.94. The molecule has 2 heterocycles. The number of benzene rings is 1. The molecule has 0 amide bonds. The Morgan fingerprint density at radius 3 is 2.83 bits per heavy atom. The summed E-state index contributed by atoms with van der Waals surface area (Å²) in [5, 5.41) is 4.24. The Labute approximate surface area is 146 Å². The first-order valence-corrected chi connectivity index (χ1v) is 9.60. The summed E-state index contributed by atoms with van der Waals surface area (Å²) in [5.74, 6) is 1.03. The molecule has 0 radical (unpaired) electrons. The van der Waals surface area contributed by atoms with Crippen molar-refractivity contribution in [2.45, 2.75) is 37.1 Å². The summed E-state index contributed by atoms with van der Waals surface area (Å²) in [6.07, 6.45) is 2.23. The lowest BCUT2D eigenvalue weighted by Crippen LogP contribution is -2.30. The molecule has 8 heteroatoms. The van der Waals surface area contributed by atoms with Crippen LogP contribution in [0.25, 0.3) is 0 Å². The Hall–Kier alpha value is -1.57. The normalized spacial score (nSPS) is 18.9.